The molecule has 1 fully saturated rings. The number of hydrogen-bond donors (Lipinski definition) is 2. The van der Waals surface area contributed by atoms with E-state index < -0.39 is 0 Å². The second-order valence-corrected chi connectivity index (χ2v) is 7.35. The van der Waals surface area contributed by atoms with E-state index in [1.165, 1.54) is 5.56 Å². The third-order valence-electron chi connectivity index (χ3n) is 4.59. The van der Waals surface area contributed by atoms with E-state index in [0.29, 0.717) is 11.2 Å². The van der Waals surface area contributed by atoms with Gasteiger partial charge in [-0.2, -0.15) is 0 Å². The van der Waals surface area contributed by atoms with Crippen LogP contribution in [0.2, 0.25) is 5.02 Å². The number of thiocarbonyl (C=S) groups is 1. The lowest BCUT2D eigenvalue weighted by atomic mass is 10.0. The first kappa shape index (κ1) is 19.0. The molecule has 0 spiro atoms. The van der Waals surface area contributed by atoms with E-state index in [-0.39, 0.29) is 0 Å². The number of anilines is 1. The Hall–Kier alpha value is -1.82. The largest absolute Gasteiger partial charge is 0.497 e. The van der Waals surface area contributed by atoms with Gasteiger partial charge in [0.15, 0.2) is 5.11 Å². The summed E-state index contributed by atoms with van der Waals surface area (Å²) in [5, 5.41) is 8.13. The predicted molar refractivity (Wildman–Crippen MR) is 112 cm³/mol. The Kier molecular flexibility index (Phi) is 6.72. The minimum atomic E-state index is 0.412. The van der Waals surface area contributed by atoms with Crippen molar-refractivity contribution in [3.05, 3.63) is 59.1 Å². The number of ether oxygens (including phenoxy) is 1. The highest BCUT2D eigenvalue weighted by Crippen LogP contribution is 2.17. The van der Waals surface area contributed by atoms with E-state index >= 15 is 0 Å². The maximum absolute atomic E-state index is 5.95. The summed E-state index contributed by atoms with van der Waals surface area (Å²) in [5.74, 6) is 0.836. The van der Waals surface area contributed by atoms with Crippen molar-refractivity contribution in [2.75, 3.05) is 25.5 Å². The van der Waals surface area contributed by atoms with Crippen molar-refractivity contribution in [2.45, 2.75) is 25.4 Å². The van der Waals surface area contributed by atoms with E-state index in [0.717, 1.165) is 48.9 Å². The lowest BCUT2D eigenvalue weighted by Crippen LogP contribution is -2.45. The summed E-state index contributed by atoms with van der Waals surface area (Å²) in [5.41, 5.74) is 2.26. The number of hydrogen-bond acceptors (Lipinski definition) is 3. The second kappa shape index (κ2) is 9.21. The van der Waals surface area contributed by atoms with Gasteiger partial charge in [-0.05, 0) is 67.0 Å². The lowest BCUT2D eigenvalue weighted by molar-refractivity contribution is 0.199. The normalized spacial score (nSPS) is 15.5. The molecule has 3 rings (SSSR count). The fraction of sp³-hybridized carbons (Fsp3) is 0.350. The maximum Gasteiger partial charge on any atom is 0.170 e. The maximum atomic E-state index is 5.95. The van der Waals surface area contributed by atoms with Crippen molar-refractivity contribution in [1.82, 2.24) is 10.2 Å². The molecule has 6 heteroatoms. The molecule has 2 N–H and O–H groups in total. The average Bonchev–Trinajstić information content (AvgIpc) is 2.66. The van der Waals surface area contributed by atoms with Gasteiger partial charge < -0.3 is 15.4 Å². The first-order valence-electron chi connectivity index (χ1n) is 8.81. The van der Waals surface area contributed by atoms with Gasteiger partial charge in [0.1, 0.15) is 5.75 Å². The van der Waals surface area contributed by atoms with Gasteiger partial charge in [-0.25, -0.2) is 0 Å². The van der Waals surface area contributed by atoms with Crippen molar-refractivity contribution < 1.29 is 4.74 Å². The van der Waals surface area contributed by atoms with Crippen molar-refractivity contribution in [2.24, 2.45) is 0 Å². The van der Waals surface area contributed by atoms with Gasteiger partial charge in [0.05, 0.1) is 7.11 Å². The highest BCUT2D eigenvalue weighted by Gasteiger charge is 2.19. The first-order chi connectivity index (χ1) is 12.6. The molecule has 1 saturated heterocycles. The zero-order valence-corrected chi connectivity index (χ0v) is 16.4. The Balaban J connectivity index is 1.41. The molecule has 4 nitrogen and oxygen atoms in total. The molecule has 138 valence electrons. The molecule has 1 aliphatic rings. The van der Waals surface area contributed by atoms with Crippen molar-refractivity contribution >= 4 is 34.6 Å². The molecule has 0 bridgehead atoms. The number of piperidine rings is 1. The number of likely N-dealkylation sites (tertiary alicyclic amines) is 1. The minimum absolute atomic E-state index is 0.412. The van der Waals surface area contributed by atoms with Gasteiger partial charge in [0.25, 0.3) is 0 Å². The molecule has 2 aromatic rings. The van der Waals surface area contributed by atoms with E-state index in [1.54, 1.807) is 7.11 Å². The number of nitrogens with one attached hydrogen (secondary N) is 2. The van der Waals surface area contributed by atoms with Gasteiger partial charge >= 0.3 is 0 Å². The lowest BCUT2D eigenvalue weighted by Gasteiger charge is -2.33. The predicted octanol–water partition coefficient (Wildman–Crippen LogP) is 4.30. The summed E-state index contributed by atoms with van der Waals surface area (Å²) in [6.07, 6.45) is 2.16. The van der Waals surface area contributed by atoms with Crippen LogP contribution in [0.25, 0.3) is 0 Å². The van der Waals surface area contributed by atoms with Crippen LogP contribution < -0.4 is 15.4 Å². The number of halogens is 1. The zero-order valence-electron chi connectivity index (χ0n) is 14.9. The molecule has 26 heavy (non-hydrogen) atoms. The Morgan fingerprint density at radius 2 is 1.77 bits per heavy atom. The SMILES string of the molecule is COc1ccc(NC(=S)NC2CCN(Cc3ccc(Cl)cc3)CC2)cc1. The summed E-state index contributed by atoms with van der Waals surface area (Å²) in [7, 11) is 1.66. The molecule has 0 radical (unpaired) electrons. The van der Waals surface area contributed by atoms with Gasteiger partial charge in [0, 0.05) is 36.4 Å². The Labute approximate surface area is 165 Å². The van der Waals surface area contributed by atoms with E-state index in [4.69, 9.17) is 28.6 Å². The van der Waals surface area contributed by atoms with E-state index in [1.807, 2.05) is 36.4 Å². The van der Waals surface area contributed by atoms with Crippen molar-refractivity contribution in [3.63, 3.8) is 0 Å². The zero-order chi connectivity index (χ0) is 18.4. The van der Waals surface area contributed by atoms with Crippen LogP contribution in [0.15, 0.2) is 48.5 Å². The second-order valence-electron chi connectivity index (χ2n) is 6.50. The van der Waals surface area contributed by atoms with E-state index in [2.05, 4.69) is 27.7 Å². The van der Waals surface area contributed by atoms with Crippen LogP contribution in [0.5, 0.6) is 5.75 Å². The van der Waals surface area contributed by atoms with Gasteiger partial charge in [0.2, 0.25) is 0 Å². The van der Waals surface area contributed by atoms with Crippen LogP contribution in [0, 0.1) is 0 Å². The highest BCUT2D eigenvalue weighted by atomic mass is 35.5. The Bertz CT molecular complexity index is 713. The number of methoxy groups -OCH3 is 1. The first-order valence-corrected chi connectivity index (χ1v) is 9.59. The smallest absolute Gasteiger partial charge is 0.170 e. The number of nitrogens with zero attached hydrogens (tertiary/aromatic N) is 1. The molecule has 0 aromatic heterocycles. The average molecular weight is 390 g/mol. The molecule has 2 aromatic carbocycles. The molecule has 1 heterocycles. The third-order valence-corrected chi connectivity index (χ3v) is 5.06. The topological polar surface area (TPSA) is 36.5 Å². The molecule has 0 atom stereocenters. The molecule has 1 aliphatic heterocycles. The third kappa shape index (κ3) is 5.59. The summed E-state index contributed by atoms with van der Waals surface area (Å²) in [6, 6.07) is 16.3. The van der Waals surface area contributed by atoms with Crippen LogP contribution >= 0.6 is 23.8 Å². The van der Waals surface area contributed by atoms with Crippen molar-refractivity contribution in [3.8, 4) is 5.75 Å². The standard InChI is InChI=1S/C20H24ClN3OS/c1-25-19-8-6-17(7-9-19)22-20(26)23-18-10-12-24(13-11-18)14-15-2-4-16(21)5-3-15/h2-9,18H,10-14H2,1H3,(H2,22,23,26). The molecule has 0 saturated carbocycles. The fourth-order valence-electron chi connectivity index (χ4n) is 3.11. The summed E-state index contributed by atoms with van der Waals surface area (Å²) in [6.45, 7) is 3.09. The van der Waals surface area contributed by atoms with Gasteiger partial charge in [-0.1, -0.05) is 23.7 Å². The molecule has 0 amide bonds. The molecule has 0 unspecified atom stereocenters. The van der Waals surface area contributed by atoms with Crippen LogP contribution in [-0.2, 0) is 6.54 Å². The van der Waals surface area contributed by atoms with Gasteiger partial charge in [-0.3, -0.25) is 4.90 Å². The molecule has 0 aliphatic carbocycles. The van der Waals surface area contributed by atoms with Crippen molar-refractivity contribution in [1.29, 1.82) is 0 Å². The van der Waals surface area contributed by atoms with Crippen LogP contribution in [0.4, 0.5) is 5.69 Å². The highest BCUT2D eigenvalue weighted by molar-refractivity contribution is 7.80. The van der Waals surface area contributed by atoms with Crippen LogP contribution in [0.3, 0.4) is 0 Å². The van der Waals surface area contributed by atoms with E-state index in [9.17, 15) is 0 Å². The molecular weight excluding hydrogens is 366 g/mol. The summed E-state index contributed by atoms with van der Waals surface area (Å²) in [4.78, 5) is 2.47. The summed E-state index contributed by atoms with van der Waals surface area (Å²) >= 11 is 11.4. The Morgan fingerprint density at radius 1 is 1.12 bits per heavy atom. The monoisotopic (exact) mass is 389 g/mol. The summed E-state index contributed by atoms with van der Waals surface area (Å²) < 4.78 is 5.17. The number of benzene rings is 2. The van der Waals surface area contributed by atoms with Crippen LogP contribution in [-0.4, -0.2) is 36.3 Å². The van der Waals surface area contributed by atoms with Gasteiger partial charge in [-0.15, -0.1) is 0 Å². The quantitative estimate of drug-likeness (QED) is 0.745. The van der Waals surface area contributed by atoms with Crippen LogP contribution in [0.1, 0.15) is 18.4 Å². The number of rotatable bonds is 5. The Morgan fingerprint density at radius 3 is 2.38 bits per heavy atom. The fourth-order valence-corrected chi connectivity index (χ4v) is 3.52. The minimum Gasteiger partial charge on any atom is -0.497 e. The molecular formula is C20H24ClN3OS.